The molecule has 0 aliphatic carbocycles. The average Bonchev–Trinajstić information content (AvgIpc) is 2.92. The topological polar surface area (TPSA) is 57.8 Å². The van der Waals surface area contributed by atoms with Crippen molar-refractivity contribution in [1.29, 1.82) is 0 Å². The molecule has 2 rings (SSSR count). The molecule has 0 bridgehead atoms. The zero-order valence-corrected chi connectivity index (χ0v) is 10.6. The van der Waals surface area contributed by atoms with Crippen LogP contribution in [0.25, 0.3) is 0 Å². The summed E-state index contributed by atoms with van der Waals surface area (Å²) in [7, 11) is 0. The largest absolute Gasteiger partial charge is 0.352 e. The molecule has 0 aliphatic rings. The summed E-state index contributed by atoms with van der Waals surface area (Å²) in [6.07, 6.45) is 4.12. The molecule has 0 fully saturated rings. The number of amides is 1. The van der Waals surface area contributed by atoms with Crippen LogP contribution < -0.4 is 5.32 Å². The summed E-state index contributed by atoms with van der Waals surface area (Å²) in [4.78, 5) is 18.7. The first-order chi connectivity index (χ1) is 8.79. The van der Waals surface area contributed by atoms with Gasteiger partial charge in [0, 0.05) is 36.3 Å². The minimum Gasteiger partial charge on any atom is -0.352 e. The maximum Gasteiger partial charge on any atom is 0.251 e. The highest BCUT2D eigenvalue weighted by Crippen LogP contribution is 2.06. The molecule has 0 unspecified atom stereocenters. The number of aromatic amines is 1. The van der Waals surface area contributed by atoms with E-state index in [9.17, 15) is 4.79 Å². The smallest absolute Gasteiger partial charge is 0.251 e. The maximum atomic E-state index is 11.8. The van der Waals surface area contributed by atoms with Crippen LogP contribution in [0.5, 0.6) is 0 Å². The number of halogens is 1. The molecule has 0 radical (unpaired) electrons. The number of nitrogens with zero attached hydrogens (tertiary/aromatic N) is 1. The number of H-pyrrole nitrogens is 1. The molecule has 1 aromatic carbocycles. The quantitative estimate of drug-likeness (QED) is 0.812. The number of alkyl halides is 1. The summed E-state index contributed by atoms with van der Waals surface area (Å²) in [5.41, 5.74) is 2.66. The second-order valence-electron chi connectivity index (χ2n) is 3.91. The van der Waals surface area contributed by atoms with Gasteiger partial charge in [0.1, 0.15) is 0 Å². The van der Waals surface area contributed by atoms with E-state index >= 15 is 0 Å². The Bertz CT molecular complexity index is 493. The Morgan fingerprint density at radius 3 is 2.72 bits per heavy atom. The van der Waals surface area contributed by atoms with Gasteiger partial charge in [0.05, 0.1) is 6.33 Å². The highest BCUT2D eigenvalue weighted by molar-refractivity contribution is 6.17. The van der Waals surface area contributed by atoms with Crippen LogP contribution in [0.2, 0.25) is 0 Å². The SMILES string of the molecule is O=C(NCCc1cnc[nH]1)c1ccc(CCl)cc1. The summed E-state index contributed by atoms with van der Waals surface area (Å²) in [6.45, 7) is 0.582. The number of carbonyl (C=O) groups excluding carboxylic acids is 1. The van der Waals surface area contributed by atoms with E-state index in [0.717, 1.165) is 17.7 Å². The maximum absolute atomic E-state index is 11.8. The van der Waals surface area contributed by atoms with Gasteiger partial charge in [-0.3, -0.25) is 4.79 Å². The van der Waals surface area contributed by atoms with Crippen LogP contribution in [0, 0.1) is 0 Å². The molecule has 0 atom stereocenters. The number of aromatic nitrogens is 2. The van der Waals surface area contributed by atoms with E-state index in [2.05, 4.69) is 15.3 Å². The van der Waals surface area contributed by atoms with Crippen LogP contribution in [-0.4, -0.2) is 22.4 Å². The highest BCUT2D eigenvalue weighted by Gasteiger charge is 2.04. The number of imidazole rings is 1. The first-order valence-corrected chi connectivity index (χ1v) is 6.23. The number of carbonyl (C=O) groups is 1. The van der Waals surface area contributed by atoms with E-state index in [1.54, 1.807) is 24.7 Å². The van der Waals surface area contributed by atoms with E-state index in [-0.39, 0.29) is 5.91 Å². The molecule has 94 valence electrons. The number of hydrogen-bond donors (Lipinski definition) is 2. The zero-order chi connectivity index (χ0) is 12.8. The van der Waals surface area contributed by atoms with Gasteiger partial charge in [-0.15, -0.1) is 11.6 Å². The van der Waals surface area contributed by atoms with E-state index < -0.39 is 0 Å². The molecule has 0 saturated heterocycles. The molecule has 2 aromatic rings. The van der Waals surface area contributed by atoms with Crippen LogP contribution in [-0.2, 0) is 12.3 Å². The van der Waals surface area contributed by atoms with Gasteiger partial charge < -0.3 is 10.3 Å². The standard InChI is InChI=1S/C13H14ClN3O/c14-7-10-1-3-11(4-2-10)13(18)16-6-5-12-8-15-9-17-12/h1-4,8-9H,5-7H2,(H,15,17)(H,16,18). The number of rotatable bonds is 5. The van der Waals surface area contributed by atoms with Gasteiger partial charge in [-0.25, -0.2) is 4.98 Å². The van der Waals surface area contributed by atoms with Gasteiger partial charge in [-0.1, -0.05) is 12.1 Å². The predicted octanol–water partition coefficient (Wildman–Crippen LogP) is 2.12. The normalized spacial score (nSPS) is 10.3. The molecule has 1 aromatic heterocycles. The summed E-state index contributed by atoms with van der Waals surface area (Å²) >= 11 is 5.69. The Kier molecular flexibility index (Phi) is 4.36. The van der Waals surface area contributed by atoms with Gasteiger partial charge in [-0.05, 0) is 17.7 Å². The highest BCUT2D eigenvalue weighted by atomic mass is 35.5. The van der Waals surface area contributed by atoms with Crippen molar-refractivity contribution in [2.24, 2.45) is 0 Å². The van der Waals surface area contributed by atoms with Crippen LogP contribution >= 0.6 is 11.6 Å². The van der Waals surface area contributed by atoms with E-state index in [0.29, 0.717) is 18.0 Å². The molecule has 0 aliphatic heterocycles. The summed E-state index contributed by atoms with van der Waals surface area (Å²) in [6, 6.07) is 7.28. The van der Waals surface area contributed by atoms with Crippen molar-refractivity contribution in [2.45, 2.75) is 12.3 Å². The average molecular weight is 264 g/mol. The van der Waals surface area contributed by atoms with Crippen molar-refractivity contribution in [2.75, 3.05) is 6.54 Å². The monoisotopic (exact) mass is 263 g/mol. The summed E-state index contributed by atoms with van der Waals surface area (Å²) in [5, 5.41) is 2.86. The fourth-order valence-electron chi connectivity index (χ4n) is 1.58. The van der Waals surface area contributed by atoms with Crippen molar-refractivity contribution in [1.82, 2.24) is 15.3 Å². The number of nitrogens with one attached hydrogen (secondary N) is 2. The van der Waals surface area contributed by atoms with Crippen molar-refractivity contribution in [3.05, 3.63) is 53.6 Å². The Morgan fingerprint density at radius 2 is 2.11 bits per heavy atom. The fourth-order valence-corrected chi connectivity index (χ4v) is 1.76. The first-order valence-electron chi connectivity index (χ1n) is 5.70. The Balaban J connectivity index is 1.83. The van der Waals surface area contributed by atoms with Gasteiger partial charge in [-0.2, -0.15) is 0 Å². The molecule has 4 nitrogen and oxygen atoms in total. The molecular weight excluding hydrogens is 250 g/mol. The van der Waals surface area contributed by atoms with Gasteiger partial charge >= 0.3 is 0 Å². The molecule has 1 amide bonds. The molecule has 18 heavy (non-hydrogen) atoms. The van der Waals surface area contributed by atoms with Crippen molar-refractivity contribution < 1.29 is 4.79 Å². The van der Waals surface area contributed by atoms with Crippen LogP contribution in [0.15, 0.2) is 36.8 Å². The predicted molar refractivity (Wildman–Crippen MR) is 70.6 cm³/mol. The van der Waals surface area contributed by atoms with E-state index in [4.69, 9.17) is 11.6 Å². The van der Waals surface area contributed by atoms with Crippen LogP contribution in [0.4, 0.5) is 0 Å². The Morgan fingerprint density at radius 1 is 1.33 bits per heavy atom. The summed E-state index contributed by atoms with van der Waals surface area (Å²) < 4.78 is 0. The zero-order valence-electron chi connectivity index (χ0n) is 9.82. The van der Waals surface area contributed by atoms with Gasteiger partial charge in [0.2, 0.25) is 0 Å². The lowest BCUT2D eigenvalue weighted by Crippen LogP contribution is -2.25. The fraction of sp³-hybridized carbons (Fsp3) is 0.231. The van der Waals surface area contributed by atoms with Gasteiger partial charge in [0.15, 0.2) is 0 Å². The second kappa shape index (κ2) is 6.21. The third-order valence-corrected chi connectivity index (χ3v) is 2.91. The van der Waals surface area contributed by atoms with E-state index in [1.165, 1.54) is 0 Å². The van der Waals surface area contributed by atoms with Gasteiger partial charge in [0.25, 0.3) is 5.91 Å². The number of benzene rings is 1. The third kappa shape index (κ3) is 3.34. The molecule has 0 spiro atoms. The molecular formula is C13H14ClN3O. The lowest BCUT2D eigenvalue weighted by atomic mass is 10.1. The lowest BCUT2D eigenvalue weighted by Gasteiger charge is -2.04. The van der Waals surface area contributed by atoms with Crippen molar-refractivity contribution >= 4 is 17.5 Å². The molecule has 0 saturated carbocycles. The minimum atomic E-state index is -0.0735. The van der Waals surface area contributed by atoms with Crippen molar-refractivity contribution in [3.63, 3.8) is 0 Å². The number of hydrogen-bond acceptors (Lipinski definition) is 2. The van der Waals surface area contributed by atoms with Crippen molar-refractivity contribution in [3.8, 4) is 0 Å². The third-order valence-electron chi connectivity index (χ3n) is 2.61. The molecule has 5 heteroatoms. The lowest BCUT2D eigenvalue weighted by molar-refractivity contribution is 0.0954. The van der Waals surface area contributed by atoms with Crippen LogP contribution in [0.1, 0.15) is 21.6 Å². The second-order valence-corrected chi connectivity index (χ2v) is 4.18. The minimum absolute atomic E-state index is 0.0735. The Hall–Kier alpha value is -1.81. The van der Waals surface area contributed by atoms with Crippen LogP contribution in [0.3, 0.4) is 0 Å². The Labute approximate surface area is 110 Å². The molecule has 1 heterocycles. The first kappa shape index (κ1) is 12.6. The van der Waals surface area contributed by atoms with E-state index in [1.807, 2.05) is 12.1 Å². The molecule has 2 N–H and O–H groups in total. The summed E-state index contributed by atoms with van der Waals surface area (Å²) in [5.74, 6) is 0.387.